The minimum atomic E-state index is -3.82. The minimum Gasteiger partial charge on any atom is -0.337 e. The SMILES string of the molecule is Cc1ccc(S(=O)(=O)N[C@@H](c2nc(-c3ccc4c(c3)[nH]c(=O)c(=O)n4C)no2)C(C)C)cc1. The van der Waals surface area contributed by atoms with Crippen LogP contribution >= 0.6 is 0 Å². The van der Waals surface area contributed by atoms with Gasteiger partial charge in [-0.3, -0.25) is 9.59 Å². The fourth-order valence-corrected chi connectivity index (χ4v) is 4.75. The molecular formula is C22H23N5O5S. The maximum Gasteiger partial charge on any atom is 0.316 e. The van der Waals surface area contributed by atoms with Crippen molar-refractivity contribution in [3.8, 4) is 11.4 Å². The zero-order chi connectivity index (χ0) is 23.9. The van der Waals surface area contributed by atoms with E-state index in [4.69, 9.17) is 4.52 Å². The summed E-state index contributed by atoms with van der Waals surface area (Å²) in [6.45, 7) is 5.56. The molecule has 0 amide bonds. The molecule has 0 aliphatic carbocycles. The summed E-state index contributed by atoms with van der Waals surface area (Å²) in [5.74, 6) is 0.160. The van der Waals surface area contributed by atoms with Crippen molar-refractivity contribution in [1.29, 1.82) is 0 Å². The molecule has 1 atom stereocenters. The number of aromatic amines is 1. The van der Waals surface area contributed by atoms with Gasteiger partial charge in [-0.25, -0.2) is 8.42 Å². The highest BCUT2D eigenvalue weighted by Gasteiger charge is 2.29. The third-order valence-electron chi connectivity index (χ3n) is 5.35. The van der Waals surface area contributed by atoms with E-state index in [0.29, 0.717) is 16.6 Å². The molecule has 2 heterocycles. The van der Waals surface area contributed by atoms with Crippen molar-refractivity contribution >= 4 is 21.1 Å². The summed E-state index contributed by atoms with van der Waals surface area (Å²) >= 11 is 0. The largest absolute Gasteiger partial charge is 0.337 e. The molecule has 0 saturated carbocycles. The van der Waals surface area contributed by atoms with Crippen LogP contribution in [0.5, 0.6) is 0 Å². The molecule has 2 aromatic heterocycles. The quantitative estimate of drug-likeness (QED) is 0.413. The Morgan fingerprint density at radius 3 is 2.45 bits per heavy atom. The highest BCUT2D eigenvalue weighted by molar-refractivity contribution is 7.89. The Labute approximate surface area is 189 Å². The van der Waals surface area contributed by atoms with Crippen LogP contribution in [0, 0.1) is 12.8 Å². The molecule has 0 aliphatic rings. The van der Waals surface area contributed by atoms with E-state index in [-0.39, 0.29) is 22.5 Å². The highest BCUT2D eigenvalue weighted by atomic mass is 32.2. The van der Waals surface area contributed by atoms with Crippen molar-refractivity contribution in [2.45, 2.75) is 31.7 Å². The Morgan fingerprint density at radius 2 is 1.79 bits per heavy atom. The van der Waals surface area contributed by atoms with Crippen molar-refractivity contribution in [2.75, 3.05) is 0 Å². The number of sulfonamides is 1. The number of hydrogen-bond acceptors (Lipinski definition) is 7. The van der Waals surface area contributed by atoms with E-state index in [9.17, 15) is 18.0 Å². The van der Waals surface area contributed by atoms with Crippen LogP contribution in [-0.2, 0) is 17.1 Å². The van der Waals surface area contributed by atoms with Crippen molar-refractivity contribution in [3.63, 3.8) is 0 Å². The summed E-state index contributed by atoms with van der Waals surface area (Å²) in [7, 11) is -2.30. The maximum atomic E-state index is 12.9. The van der Waals surface area contributed by atoms with Gasteiger partial charge in [0.05, 0.1) is 15.9 Å². The Kier molecular flexibility index (Phi) is 5.76. The van der Waals surface area contributed by atoms with E-state index in [2.05, 4.69) is 19.8 Å². The molecule has 33 heavy (non-hydrogen) atoms. The summed E-state index contributed by atoms with van der Waals surface area (Å²) in [5, 5.41) is 3.99. The van der Waals surface area contributed by atoms with E-state index in [1.165, 1.54) is 23.7 Å². The number of fused-ring (bicyclic) bond motifs is 1. The van der Waals surface area contributed by atoms with E-state index in [0.717, 1.165) is 5.56 Å². The molecule has 0 saturated heterocycles. The smallest absolute Gasteiger partial charge is 0.316 e. The van der Waals surface area contributed by atoms with Gasteiger partial charge in [0.2, 0.25) is 21.7 Å². The van der Waals surface area contributed by atoms with E-state index in [1.54, 1.807) is 30.3 Å². The van der Waals surface area contributed by atoms with Crippen LogP contribution in [0.25, 0.3) is 22.4 Å². The lowest BCUT2D eigenvalue weighted by Crippen LogP contribution is -2.34. The Bertz CT molecular complexity index is 1550. The Hall–Kier alpha value is -3.57. The predicted molar refractivity (Wildman–Crippen MR) is 122 cm³/mol. The second-order valence-corrected chi connectivity index (χ2v) is 9.88. The third-order valence-corrected chi connectivity index (χ3v) is 6.81. The van der Waals surface area contributed by atoms with Crippen molar-refractivity contribution in [1.82, 2.24) is 24.4 Å². The average Bonchev–Trinajstić information content (AvgIpc) is 3.25. The fourth-order valence-electron chi connectivity index (χ4n) is 3.41. The van der Waals surface area contributed by atoms with Crippen molar-refractivity contribution in [3.05, 3.63) is 74.6 Å². The lowest BCUT2D eigenvalue weighted by Gasteiger charge is -2.18. The lowest BCUT2D eigenvalue weighted by molar-refractivity contribution is 0.311. The van der Waals surface area contributed by atoms with Gasteiger partial charge >= 0.3 is 11.1 Å². The topological polar surface area (TPSA) is 140 Å². The van der Waals surface area contributed by atoms with Gasteiger partial charge in [-0.1, -0.05) is 36.7 Å². The number of benzene rings is 2. The van der Waals surface area contributed by atoms with Gasteiger partial charge in [-0.05, 0) is 43.2 Å². The van der Waals surface area contributed by atoms with Gasteiger partial charge in [0.15, 0.2) is 0 Å². The zero-order valence-corrected chi connectivity index (χ0v) is 19.3. The molecule has 0 bridgehead atoms. The lowest BCUT2D eigenvalue weighted by atomic mass is 10.1. The average molecular weight is 470 g/mol. The van der Waals surface area contributed by atoms with Crippen LogP contribution in [0.3, 0.4) is 0 Å². The van der Waals surface area contributed by atoms with Crippen LogP contribution in [0.1, 0.15) is 31.3 Å². The highest BCUT2D eigenvalue weighted by Crippen LogP contribution is 2.26. The number of aryl methyl sites for hydroxylation is 2. The fraction of sp³-hybridized carbons (Fsp3) is 0.273. The summed E-state index contributed by atoms with van der Waals surface area (Å²) < 4.78 is 35.1. The molecule has 4 aromatic rings. The molecule has 2 N–H and O–H groups in total. The Balaban J connectivity index is 1.68. The molecule has 0 spiro atoms. The van der Waals surface area contributed by atoms with Crippen LogP contribution in [0.2, 0.25) is 0 Å². The van der Waals surface area contributed by atoms with Crippen molar-refractivity contribution < 1.29 is 12.9 Å². The Morgan fingerprint density at radius 1 is 1.09 bits per heavy atom. The number of rotatable bonds is 6. The molecule has 2 aromatic carbocycles. The van der Waals surface area contributed by atoms with Crippen LogP contribution in [-0.4, -0.2) is 28.1 Å². The van der Waals surface area contributed by atoms with Crippen LogP contribution in [0.15, 0.2) is 61.5 Å². The van der Waals surface area contributed by atoms with Gasteiger partial charge in [0, 0.05) is 12.6 Å². The standard InChI is InChI=1S/C22H23N5O5S/c1-12(2)18(26-33(30,31)15-8-5-13(3)6-9-15)21-24-19(25-32-21)14-7-10-17-16(11-14)23-20(28)22(29)27(17)4/h5-12,18,26H,1-4H3,(H,23,28)/t18-/m1/s1. The van der Waals surface area contributed by atoms with Gasteiger partial charge in [0.1, 0.15) is 6.04 Å². The first-order chi connectivity index (χ1) is 15.6. The number of nitrogens with one attached hydrogen (secondary N) is 2. The zero-order valence-electron chi connectivity index (χ0n) is 18.5. The number of nitrogens with zero attached hydrogens (tertiary/aromatic N) is 3. The first-order valence-corrected chi connectivity index (χ1v) is 11.7. The molecular weight excluding hydrogens is 446 g/mol. The summed E-state index contributed by atoms with van der Waals surface area (Å²) in [5.41, 5.74) is 1.08. The normalized spacial score (nSPS) is 13.0. The molecule has 10 nitrogen and oxygen atoms in total. The number of H-pyrrole nitrogens is 1. The molecule has 0 radical (unpaired) electrons. The second-order valence-electron chi connectivity index (χ2n) is 8.16. The second kappa shape index (κ2) is 8.41. The van der Waals surface area contributed by atoms with E-state index >= 15 is 0 Å². The van der Waals surface area contributed by atoms with Gasteiger partial charge in [-0.15, -0.1) is 0 Å². The minimum absolute atomic E-state index is 0.115. The van der Waals surface area contributed by atoms with Gasteiger partial charge < -0.3 is 14.1 Å². The van der Waals surface area contributed by atoms with E-state index in [1.807, 2.05) is 20.8 Å². The van der Waals surface area contributed by atoms with Gasteiger partial charge in [-0.2, -0.15) is 9.71 Å². The van der Waals surface area contributed by atoms with E-state index < -0.39 is 27.2 Å². The van der Waals surface area contributed by atoms with Crippen LogP contribution in [0.4, 0.5) is 0 Å². The molecule has 0 aliphatic heterocycles. The maximum absolute atomic E-state index is 12.9. The third kappa shape index (κ3) is 4.37. The monoisotopic (exact) mass is 469 g/mol. The molecule has 172 valence electrons. The number of aromatic nitrogens is 4. The number of hydrogen-bond donors (Lipinski definition) is 2. The molecule has 0 fully saturated rings. The molecule has 0 unspecified atom stereocenters. The summed E-state index contributed by atoms with van der Waals surface area (Å²) in [6.07, 6.45) is 0. The van der Waals surface area contributed by atoms with Crippen molar-refractivity contribution in [2.24, 2.45) is 13.0 Å². The van der Waals surface area contributed by atoms with Crippen LogP contribution < -0.4 is 15.8 Å². The van der Waals surface area contributed by atoms with Gasteiger partial charge in [0.25, 0.3) is 0 Å². The molecule has 11 heteroatoms. The summed E-state index contributed by atoms with van der Waals surface area (Å²) in [6, 6.07) is 10.8. The first-order valence-electron chi connectivity index (χ1n) is 10.2. The molecule has 4 rings (SSSR count). The summed E-state index contributed by atoms with van der Waals surface area (Å²) in [4.78, 5) is 30.8. The predicted octanol–water partition coefficient (Wildman–Crippen LogP) is 2.26. The first kappa shape index (κ1) is 22.6.